The summed E-state index contributed by atoms with van der Waals surface area (Å²) in [6.07, 6.45) is 4.15. The summed E-state index contributed by atoms with van der Waals surface area (Å²) in [5, 5.41) is 4.51. The molecule has 0 aliphatic carbocycles. The van der Waals surface area contributed by atoms with Crippen LogP contribution in [0.1, 0.15) is 18.4 Å². The first-order valence-electron chi connectivity index (χ1n) is 6.06. The molecule has 0 amide bonds. The maximum atomic E-state index is 5.98. The molecule has 0 unspecified atom stereocenters. The molecule has 1 atom stereocenters. The van der Waals surface area contributed by atoms with Gasteiger partial charge in [0.05, 0.1) is 0 Å². The van der Waals surface area contributed by atoms with Gasteiger partial charge in [0.15, 0.2) is 5.65 Å². The van der Waals surface area contributed by atoms with Crippen molar-refractivity contribution in [3.63, 3.8) is 0 Å². The highest BCUT2D eigenvalue weighted by molar-refractivity contribution is 5.50. The molecule has 3 heterocycles. The number of piperidine rings is 1. The van der Waals surface area contributed by atoms with E-state index in [0.717, 1.165) is 43.1 Å². The van der Waals surface area contributed by atoms with Gasteiger partial charge in [-0.25, -0.2) is 4.52 Å². The van der Waals surface area contributed by atoms with Gasteiger partial charge in [0.1, 0.15) is 0 Å². The summed E-state index contributed by atoms with van der Waals surface area (Å²) in [5.41, 5.74) is 8.06. The highest BCUT2D eigenvalue weighted by Crippen LogP contribution is 2.17. The summed E-state index contributed by atoms with van der Waals surface area (Å²) in [6.45, 7) is 3.91. The maximum absolute atomic E-state index is 5.98. The molecule has 0 aromatic carbocycles. The Bertz CT molecular complexity index is 533. The van der Waals surface area contributed by atoms with Crippen molar-refractivity contribution in [1.29, 1.82) is 0 Å². The molecular formula is C12H17N5. The number of nitrogens with two attached hydrogens (primary N) is 1. The number of aromatic nitrogens is 3. The number of hydrogen-bond acceptors (Lipinski definition) is 4. The molecule has 0 radical (unpaired) electrons. The minimum Gasteiger partial charge on any atom is -0.338 e. The molecule has 90 valence electrons. The number of fused-ring (bicyclic) bond motifs is 1. The second kappa shape index (κ2) is 4.00. The lowest BCUT2D eigenvalue weighted by atomic mass is 10.1. The molecule has 3 rings (SSSR count). The predicted molar refractivity (Wildman–Crippen MR) is 67.1 cm³/mol. The zero-order valence-corrected chi connectivity index (χ0v) is 10.0. The zero-order chi connectivity index (χ0) is 11.8. The highest BCUT2D eigenvalue weighted by atomic mass is 15.4. The fourth-order valence-electron chi connectivity index (χ4n) is 2.35. The molecule has 5 heteroatoms. The van der Waals surface area contributed by atoms with Crippen LogP contribution >= 0.6 is 0 Å². The molecule has 0 bridgehead atoms. The minimum atomic E-state index is 0.247. The molecule has 5 nitrogen and oxygen atoms in total. The molecule has 0 saturated carbocycles. The predicted octanol–water partition coefficient (Wildman–Crippen LogP) is 0.965. The van der Waals surface area contributed by atoms with E-state index in [4.69, 9.17) is 5.73 Å². The molecule has 2 N–H and O–H groups in total. The van der Waals surface area contributed by atoms with Crippen LogP contribution in [0, 0.1) is 6.92 Å². The van der Waals surface area contributed by atoms with Gasteiger partial charge in [-0.15, -0.1) is 5.10 Å². The number of hydrogen-bond donors (Lipinski definition) is 1. The van der Waals surface area contributed by atoms with Gasteiger partial charge in [-0.2, -0.15) is 4.98 Å². The van der Waals surface area contributed by atoms with Gasteiger partial charge in [0.25, 0.3) is 0 Å². The fraction of sp³-hybridized carbons (Fsp3) is 0.500. The lowest BCUT2D eigenvalue weighted by molar-refractivity contribution is 0.500. The van der Waals surface area contributed by atoms with Crippen molar-refractivity contribution in [3.8, 4) is 0 Å². The number of pyridine rings is 1. The molecule has 2 aromatic heterocycles. The van der Waals surface area contributed by atoms with Crippen LogP contribution in [-0.4, -0.2) is 33.7 Å². The molecule has 17 heavy (non-hydrogen) atoms. The Balaban J connectivity index is 1.97. The third kappa shape index (κ3) is 1.86. The Morgan fingerprint density at radius 2 is 2.35 bits per heavy atom. The van der Waals surface area contributed by atoms with E-state index < -0.39 is 0 Å². The summed E-state index contributed by atoms with van der Waals surface area (Å²) < 4.78 is 1.84. The van der Waals surface area contributed by atoms with E-state index in [9.17, 15) is 0 Å². The highest BCUT2D eigenvalue weighted by Gasteiger charge is 2.20. The largest absolute Gasteiger partial charge is 0.338 e. The van der Waals surface area contributed by atoms with Gasteiger partial charge in [0, 0.05) is 25.3 Å². The second-order valence-corrected chi connectivity index (χ2v) is 4.72. The van der Waals surface area contributed by atoms with Gasteiger partial charge in [-0.1, -0.05) is 6.07 Å². The van der Waals surface area contributed by atoms with E-state index in [0.29, 0.717) is 0 Å². The molecular weight excluding hydrogens is 214 g/mol. The van der Waals surface area contributed by atoms with E-state index in [2.05, 4.69) is 28.0 Å². The van der Waals surface area contributed by atoms with Crippen molar-refractivity contribution in [1.82, 2.24) is 14.6 Å². The van der Waals surface area contributed by atoms with Crippen LogP contribution in [0.5, 0.6) is 0 Å². The Kier molecular flexibility index (Phi) is 2.48. The number of anilines is 1. The molecule has 1 aliphatic rings. The molecule has 1 fully saturated rings. The Hall–Kier alpha value is -1.62. The van der Waals surface area contributed by atoms with E-state index in [1.807, 2.05) is 16.8 Å². The maximum Gasteiger partial charge on any atom is 0.245 e. The first kappa shape index (κ1) is 10.5. The monoisotopic (exact) mass is 231 g/mol. The topological polar surface area (TPSA) is 59.5 Å². The van der Waals surface area contributed by atoms with Crippen molar-refractivity contribution in [2.24, 2.45) is 5.73 Å². The van der Waals surface area contributed by atoms with Gasteiger partial charge >= 0.3 is 0 Å². The number of rotatable bonds is 1. The van der Waals surface area contributed by atoms with Crippen molar-refractivity contribution in [2.75, 3.05) is 18.0 Å². The van der Waals surface area contributed by atoms with Crippen LogP contribution in [0.4, 0.5) is 5.95 Å². The smallest absolute Gasteiger partial charge is 0.245 e. The van der Waals surface area contributed by atoms with Crippen molar-refractivity contribution >= 4 is 11.6 Å². The Morgan fingerprint density at radius 1 is 1.47 bits per heavy atom. The lowest BCUT2D eigenvalue weighted by Gasteiger charge is -2.29. The minimum absolute atomic E-state index is 0.247. The van der Waals surface area contributed by atoms with E-state index >= 15 is 0 Å². The molecule has 1 saturated heterocycles. The molecule has 2 aromatic rings. The van der Waals surface area contributed by atoms with Gasteiger partial charge in [-0.05, 0) is 31.4 Å². The summed E-state index contributed by atoms with van der Waals surface area (Å²) in [4.78, 5) is 6.77. The first-order valence-corrected chi connectivity index (χ1v) is 6.06. The average molecular weight is 231 g/mol. The number of aryl methyl sites for hydroxylation is 1. The zero-order valence-electron chi connectivity index (χ0n) is 10.0. The average Bonchev–Trinajstić information content (AvgIpc) is 2.74. The summed E-state index contributed by atoms with van der Waals surface area (Å²) in [6, 6.07) is 4.29. The van der Waals surface area contributed by atoms with Gasteiger partial charge in [0.2, 0.25) is 5.95 Å². The van der Waals surface area contributed by atoms with Crippen molar-refractivity contribution in [3.05, 3.63) is 23.9 Å². The van der Waals surface area contributed by atoms with E-state index in [1.54, 1.807) is 0 Å². The van der Waals surface area contributed by atoms with Crippen LogP contribution in [0.25, 0.3) is 5.65 Å². The SMILES string of the molecule is Cc1cccn2nc(N3CCC[C@@H](N)C3)nc12. The fourth-order valence-corrected chi connectivity index (χ4v) is 2.35. The standard InChI is InChI=1S/C12H17N5/c1-9-4-2-7-17-11(9)14-12(15-17)16-6-3-5-10(13)8-16/h2,4,7,10H,3,5-6,8,13H2,1H3/t10-/m1/s1. The molecule has 1 aliphatic heterocycles. The summed E-state index contributed by atoms with van der Waals surface area (Å²) >= 11 is 0. The van der Waals surface area contributed by atoms with Gasteiger partial charge in [-0.3, -0.25) is 0 Å². The lowest BCUT2D eigenvalue weighted by Crippen LogP contribution is -2.43. The quantitative estimate of drug-likeness (QED) is 0.794. The van der Waals surface area contributed by atoms with Crippen molar-refractivity contribution < 1.29 is 0 Å². The van der Waals surface area contributed by atoms with E-state index in [-0.39, 0.29) is 6.04 Å². The summed E-state index contributed by atoms with van der Waals surface area (Å²) in [5.74, 6) is 0.800. The Morgan fingerprint density at radius 3 is 3.12 bits per heavy atom. The van der Waals surface area contributed by atoms with Gasteiger partial charge < -0.3 is 10.6 Å². The third-order valence-corrected chi connectivity index (χ3v) is 3.29. The van der Waals surface area contributed by atoms with E-state index in [1.165, 1.54) is 0 Å². The normalized spacial score (nSPS) is 21.1. The van der Waals surface area contributed by atoms with Crippen LogP contribution < -0.4 is 10.6 Å². The third-order valence-electron chi connectivity index (χ3n) is 3.29. The molecule has 0 spiro atoms. The summed E-state index contributed by atoms with van der Waals surface area (Å²) in [7, 11) is 0. The van der Waals surface area contributed by atoms with Crippen LogP contribution in [0.3, 0.4) is 0 Å². The second-order valence-electron chi connectivity index (χ2n) is 4.72. The van der Waals surface area contributed by atoms with Crippen LogP contribution in [0.15, 0.2) is 18.3 Å². The van der Waals surface area contributed by atoms with Crippen LogP contribution in [0.2, 0.25) is 0 Å². The first-order chi connectivity index (χ1) is 8.24. The van der Waals surface area contributed by atoms with Crippen LogP contribution in [-0.2, 0) is 0 Å². The van der Waals surface area contributed by atoms with Crippen molar-refractivity contribution in [2.45, 2.75) is 25.8 Å². The Labute approximate surface area is 100 Å². The number of nitrogens with zero attached hydrogens (tertiary/aromatic N) is 4.